The van der Waals surface area contributed by atoms with Gasteiger partial charge in [-0.2, -0.15) is 5.10 Å². The van der Waals surface area contributed by atoms with E-state index in [9.17, 15) is 8.78 Å². The van der Waals surface area contributed by atoms with Crippen molar-refractivity contribution in [3.63, 3.8) is 0 Å². The fourth-order valence-corrected chi connectivity index (χ4v) is 1.84. The van der Waals surface area contributed by atoms with Crippen LogP contribution in [0.5, 0.6) is 0 Å². The van der Waals surface area contributed by atoms with E-state index >= 15 is 0 Å². The van der Waals surface area contributed by atoms with Crippen LogP contribution < -0.4 is 0 Å². The van der Waals surface area contributed by atoms with Crippen molar-refractivity contribution in [2.24, 2.45) is 0 Å². The van der Waals surface area contributed by atoms with Crippen molar-refractivity contribution < 1.29 is 28.9 Å². The van der Waals surface area contributed by atoms with E-state index in [0.29, 0.717) is 18.8 Å². The van der Waals surface area contributed by atoms with Gasteiger partial charge in [-0.3, -0.25) is 18.3 Å². The Labute approximate surface area is 157 Å². The predicted octanol–water partition coefficient (Wildman–Crippen LogP) is 4.31. The normalized spacial score (nSPS) is 9.36. The van der Waals surface area contributed by atoms with Crippen LogP contribution in [0.25, 0.3) is 21.8 Å². The quantitative estimate of drug-likeness (QED) is 0.487. The third-order valence-corrected chi connectivity index (χ3v) is 2.93. The molecule has 0 atom stereocenters. The summed E-state index contributed by atoms with van der Waals surface area (Å²) in [6.07, 6.45) is 5.06. The zero-order valence-electron chi connectivity index (χ0n) is 12.9. The Kier molecular flexibility index (Phi) is 8.57. The minimum absolute atomic E-state index is 0. The molecule has 3 rings (SSSR count). The van der Waals surface area contributed by atoms with Crippen LogP contribution in [0.4, 0.5) is 14.5 Å². The molecule has 3 aromatic rings. The molecule has 0 spiro atoms. The molecule has 0 aliphatic rings. The number of aromatic nitrogens is 3. The maximum Gasteiger partial charge on any atom is 0.176 e. The van der Waals surface area contributed by atoms with Gasteiger partial charge in [-0.15, -0.1) is 24.2 Å². The minimum atomic E-state index is -0.922. The number of nitrogens with zero attached hydrogens (tertiary/aromatic N) is 4. The molecule has 0 saturated heterocycles. The second-order valence-electron chi connectivity index (χ2n) is 4.52. The summed E-state index contributed by atoms with van der Waals surface area (Å²) in [6.45, 7) is 7.80. The molecule has 8 heteroatoms. The standard InChI is InChI=1S/C12H5F2N2.C5H8N3.Ir/c1-15-12-9(13)6-5-8(11(12)14)10-4-2-3-7-16-10;6-2-5-8-4-1-3-7-8;/h2-4,6-7H;1,3-4,6H,2,5H2;/q2*-1;. The Morgan fingerprint density at radius 1 is 1.24 bits per heavy atom. The first-order valence-electron chi connectivity index (χ1n) is 6.98. The third-order valence-electron chi connectivity index (χ3n) is 2.93. The molecule has 2 aromatic heterocycles. The van der Waals surface area contributed by atoms with Gasteiger partial charge in [0.25, 0.3) is 0 Å². The van der Waals surface area contributed by atoms with Crippen molar-refractivity contribution in [1.29, 1.82) is 0 Å². The number of hydrogen-bond acceptors (Lipinski definition) is 2. The molecular weight excluding hydrogens is 504 g/mol. The third kappa shape index (κ3) is 5.54. The Morgan fingerprint density at radius 2 is 2.04 bits per heavy atom. The van der Waals surface area contributed by atoms with Crippen molar-refractivity contribution in [2.45, 2.75) is 6.54 Å². The molecule has 0 fully saturated rings. The van der Waals surface area contributed by atoms with E-state index in [1.54, 1.807) is 29.1 Å². The number of nitrogens with one attached hydrogen (secondary N) is 1. The molecule has 0 aliphatic heterocycles. The van der Waals surface area contributed by atoms with E-state index in [1.807, 2.05) is 12.3 Å². The molecule has 0 amide bonds. The van der Waals surface area contributed by atoms with Crippen molar-refractivity contribution in [3.8, 4) is 11.3 Å². The summed E-state index contributed by atoms with van der Waals surface area (Å²) in [5.41, 5.74) is 6.52. The topological polar surface area (TPSA) is 58.9 Å². The van der Waals surface area contributed by atoms with Crippen molar-refractivity contribution in [3.05, 3.63) is 83.8 Å². The van der Waals surface area contributed by atoms with Gasteiger partial charge in [-0.25, -0.2) is 0 Å². The summed E-state index contributed by atoms with van der Waals surface area (Å²) in [4.78, 5) is 6.73. The van der Waals surface area contributed by atoms with E-state index in [1.165, 1.54) is 6.20 Å². The van der Waals surface area contributed by atoms with Crippen molar-refractivity contribution in [2.75, 3.05) is 6.54 Å². The first kappa shape index (κ1) is 20.6. The molecule has 1 N–H and O–H groups in total. The van der Waals surface area contributed by atoms with E-state index in [2.05, 4.69) is 21.0 Å². The Bertz CT molecular complexity index is 817. The monoisotopic (exact) mass is 518 g/mol. The molecule has 1 aromatic carbocycles. The average molecular weight is 518 g/mol. The van der Waals surface area contributed by atoms with Crippen LogP contribution in [0.1, 0.15) is 0 Å². The average Bonchev–Trinajstić information content (AvgIpc) is 3.10. The molecule has 0 saturated carbocycles. The second-order valence-corrected chi connectivity index (χ2v) is 4.52. The smallest absolute Gasteiger partial charge is 0.176 e. The van der Waals surface area contributed by atoms with Gasteiger partial charge >= 0.3 is 0 Å². The second kappa shape index (κ2) is 10.4. The van der Waals surface area contributed by atoms with E-state index in [-0.39, 0.29) is 25.7 Å². The summed E-state index contributed by atoms with van der Waals surface area (Å²) in [6, 6.07) is 10.2. The van der Waals surface area contributed by atoms with Crippen molar-refractivity contribution >= 4 is 5.69 Å². The Hall–Kier alpha value is -2.46. The Morgan fingerprint density at radius 3 is 2.60 bits per heavy atom. The van der Waals surface area contributed by atoms with Crippen LogP contribution in [-0.4, -0.2) is 21.3 Å². The Balaban J connectivity index is 0.000000295. The van der Waals surface area contributed by atoms with Gasteiger partial charge in [0.2, 0.25) is 0 Å². The molecule has 131 valence electrons. The number of hydrogen-bond donors (Lipinski definition) is 0. The van der Waals surface area contributed by atoms with Gasteiger partial charge in [-0.1, -0.05) is 12.1 Å². The zero-order valence-corrected chi connectivity index (χ0v) is 15.3. The molecule has 0 aliphatic carbocycles. The minimum Gasteiger partial charge on any atom is -0.676 e. The largest absolute Gasteiger partial charge is 0.676 e. The van der Waals surface area contributed by atoms with Gasteiger partial charge in [0, 0.05) is 56.9 Å². The molecule has 1 radical (unpaired) electrons. The summed E-state index contributed by atoms with van der Waals surface area (Å²) < 4.78 is 28.5. The van der Waals surface area contributed by atoms with Crippen LogP contribution in [0.3, 0.4) is 0 Å². The zero-order chi connectivity index (χ0) is 17.4. The van der Waals surface area contributed by atoms with Gasteiger partial charge < -0.3 is 10.7 Å². The first-order chi connectivity index (χ1) is 11.7. The van der Waals surface area contributed by atoms with Gasteiger partial charge in [-0.05, 0) is 17.8 Å². The maximum atomic E-state index is 13.7. The summed E-state index contributed by atoms with van der Waals surface area (Å²) in [7, 11) is 0. The molecule has 5 nitrogen and oxygen atoms in total. The van der Waals surface area contributed by atoms with E-state index in [4.69, 9.17) is 12.3 Å². The maximum absolute atomic E-state index is 13.7. The molecule has 0 unspecified atom stereocenters. The summed E-state index contributed by atoms with van der Waals surface area (Å²) in [5, 5.41) is 3.90. The first-order valence-corrected chi connectivity index (χ1v) is 6.98. The van der Waals surface area contributed by atoms with Crippen LogP contribution >= 0.6 is 0 Å². The van der Waals surface area contributed by atoms with Crippen molar-refractivity contribution in [1.82, 2.24) is 14.8 Å². The molecule has 0 bridgehead atoms. The number of pyridine rings is 1. The predicted molar refractivity (Wildman–Crippen MR) is 86.1 cm³/mol. The van der Waals surface area contributed by atoms with Crippen LogP contribution in [-0.2, 0) is 26.7 Å². The molecule has 2 heterocycles. The van der Waals surface area contributed by atoms with Gasteiger partial charge in [0.15, 0.2) is 5.69 Å². The SMILES string of the molecule is [C-]#[N+]c1c(F)c[c-]c(-c2ccccn2)c1F.[Ir].[NH-]CCn1cccn1. The van der Waals surface area contributed by atoms with Gasteiger partial charge in [0.05, 0.1) is 6.57 Å². The fourth-order valence-electron chi connectivity index (χ4n) is 1.84. The summed E-state index contributed by atoms with van der Waals surface area (Å²) in [5.74, 6) is -1.83. The van der Waals surface area contributed by atoms with Crippen LogP contribution in [0.2, 0.25) is 0 Å². The molecular formula is C17H13F2IrN5-2. The number of benzene rings is 1. The summed E-state index contributed by atoms with van der Waals surface area (Å²) >= 11 is 0. The van der Waals surface area contributed by atoms with E-state index in [0.717, 1.165) is 6.07 Å². The van der Waals surface area contributed by atoms with Crippen LogP contribution in [0, 0.1) is 24.3 Å². The van der Waals surface area contributed by atoms with Crippen LogP contribution in [0.15, 0.2) is 48.9 Å². The fraction of sp³-hybridized carbons (Fsp3) is 0.118. The molecule has 25 heavy (non-hydrogen) atoms. The number of rotatable bonds is 3. The number of halogens is 2. The van der Waals surface area contributed by atoms with Gasteiger partial charge in [0.1, 0.15) is 0 Å². The van der Waals surface area contributed by atoms with E-state index < -0.39 is 17.3 Å².